The lowest BCUT2D eigenvalue weighted by molar-refractivity contribution is -0.149. The van der Waals surface area contributed by atoms with Gasteiger partial charge in [0.25, 0.3) is 0 Å². The molecule has 2 heteroatoms. The lowest BCUT2D eigenvalue weighted by atomic mass is 9.50. The van der Waals surface area contributed by atoms with Crippen molar-refractivity contribution in [3.8, 4) is 0 Å². The van der Waals surface area contributed by atoms with Crippen LogP contribution in [0, 0.1) is 10.8 Å². The number of hydrogen-bond donors (Lipinski definition) is 1. The Hall–Kier alpha value is -0.370. The third-order valence-electron chi connectivity index (χ3n) is 4.84. The molecule has 0 radical (unpaired) electrons. The summed E-state index contributed by atoms with van der Waals surface area (Å²) in [6, 6.07) is 0. The number of rotatable bonds is 0. The molecule has 2 fully saturated rings. The first kappa shape index (κ1) is 10.2. The molecular formula is C12H20O2. The van der Waals surface area contributed by atoms with Gasteiger partial charge in [0.1, 0.15) is 5.78 Å². The van der Waals surface area contributed by atoms with E-state index in [1.165, 1.54) is 6.42 Å². The van der Waals surface area contributed by atoms with Gasteiger partial charge in [-0.15, -0.1) is 0 Å². The van der Waals surface area contributed by atoms with Gasteiger partial charge < -0.3 is 5.11 Å². The molecule has 0 aromatic rings. The molecule has 2 rings (SSSR count). The van der Waals surface area contributed by atoms with E-state index in [4.69, 9.17) is 0 Å². The Balaban J connectivity index is 2.32. The van der Waals surface area contributed by atoms with Crippen molar-refractivity contribution in [3.63, 3.8) is 0 Å². The lowest BCUT2D eigenvalue weighted by Crippen LogP contribution is -2.53. The fourth-order valence-corrected chi connectivity index (χ4v) is 3.35. The van der Waals surface area contributed by atoms with E-state index in [1.807, 2.05) is 0 Å². The maximum atomic E-state index is 11.5. The van der Waals surface area contributed by atoms with Gasteiger partial charge >= 0.3 is 0 Å². The second kappa shape index (κ2) is 3.06. The highest BCUT2D eigenvalue weighted by molar-refractivity contribution is 5.80. The molecule has 2 saturated carbocycles. The minimum atomic E-state index is -0.273. The molecule has 0 saturated heterocycles. The topological polar surface area (TPSA) is 37.3 Å². The Kier molecular flexibility index (Phi) is 2.22. The van der Waals surface area contributed by atoms with Gasteiger partial charge in [0.2, 0.25) is 0 Å². The Bertz CT molecular complexity index is 261. The van der Waals surface area contributed by atoms with E-state index in [1.54, 1.807) is 0 Å². The maximum absolute atomic E-state index is 11.5. The minimum absolute atomic E-state index is 0.152. The van der Waals surface area contributed by atoms with Gasteiger partial charge in [-0.05, 0) is 24.7 Å². The van der Waals surface area contributed by atoms with E-state index >= 15 is 0 Å². The van der Waals surface area contributed by atoms with Crippen molar-refractivity contribution in [1.29, 1.82) is 0 Å². The van der Waals surface area contributed by atoms with Crippen LogP contribution in [0.1, 0.15) is 52.4 Å². The van der Waals surface area contributed by atoms with Crippen molar-refractivity contribution in [2.24, 2.45) is 10.8 Å². The monoisotopic (exact) mass is 196 g/mol. The summed E-state index contributed by atoms with van der Waals surface area (Å²) in [4.78, 5) is 11.5. The highest BCUT2D eigenvalue weighted by atomic mass is 16.3. The summed E-state index contributed by atoms with van der Waals surface area (Å²) in [5.41, 5.74) is 0.0408. The summed E-state index contributed by atoms with van der Waals surface area (Å²) in [6.45, 7) is 4.36. The molecular weight excluding hydrogens is 176 g/mol. The highest BCUT2D eigenvalue weighted by Crippen LogP contribution is 2.57. The van der Waals surface area contributed by atoms with Crippen molar-refractivity contribution in [3.05, 3.63) is 0 Å². The molecule has 0 aromatic carbocycles. The van der Waals surface area contributed by atoms with Gasteiger partial charge in [-0.3, -0.25) is 4.79 Å². The van der Waals surface area contributed by atoms with E-state index in [2.05, 4.69) is 13.8 Å². The number of carbonyl (C=O) groups excluding carboxylic acids is 1. The fraction of sp³-hybridized carbons (Fsp3) is 0.917. The Morgan fingerprint density at radius 2 is 2.07 bits per heavy atom. The van der Waals surface area contributed by atoms with Crippen molar-refractivity contribution in [1.82, 2.24) is 0 Å². The molecule has 0 unspecified atom stereocenters. The number of hydrogen-bond acceptors (Lipinski definition) is 2. The van der Waals surface area contributed by atoms with E-state index in [0.717, 1.165) is 25.7 Å². The molecule has 0 amide bonds. The van der Waals surface area contributed by atoms with Crippen molar-refractivity contribution in [2.75, 3.05) is 0 Å². The average molecular weight is 196 g/mol. The zero-order chi connectivity index (χ0) is 10.4. The smallest absolute Gasteiger partial charge is 0.133 e. The predicted molar refractivity (Wildman–Crippen MR) is 54.9 cm³/mol. The normalized spacial score (nSPS) is 48.8. The molecule has 0 aromatic heterocycles. The highest BCUT2D eigenvalue weighted by Gasteiger charge is 2.54. The standard InChI is InChI=1S/C12H20O2/c1-11-6-3-4-10(14)12(11,2)8-9(13)5-7-11/h10,14H,3-8H2,1-2H3/t10-,11+,12+/m0/s1. The van der Waals surface area contributed by atoms with Crippen LogP contribution in [0.2, 0.25) is 0 Å². The Labute approximate surface area is 85.7 Å². The lowest BCUT2D eigenvalue weighted by Gasteiger charge is -2.55. The van der Waals surface area contributed by atoms with Gasteiger partial charge in [0.15, 0.2) is 0 Å². The van der Waals surface area contributed by atoms with Crippen molar-refractivity contribution < 1.29 is 9.90 Å². The molecule has 3 atom stereocenters. The van der Waals surface area contributed by atoms with E-state index < -0.39 is 0 Å². The van der Waals surface area contributed by atoms with Crippen LogP contribution in [0.5, 0.6) is 0 Å². The summed E-state index contributed by atoms with van der Waals surface area (Å²) in [7, 11) is 0. The molecule has 2 aliphatic carbocycles. The Morgan fingerprint density at radius 1 is 1.36 bits per heavy atom. The van der Waals surface area contributed by atoms with Gasteiger partial charge in [-0.1, -0.05) is 20.3 Å². The Morgan fingerprint density at radius 3 is 2.79 bits per heavy atom. The molecule has 14 heavy (non-hydrogen) atoms. The number of aliphatic hydroxyl groups is 1. The van der Waals surface area contributed by atoms with Crippen LogP contribution in [-0.4, -0.2) is 17.0 Å². The third-order valence-corrected chi connectivity index (χ3v) is 4.84. The molecule has 1 N–H and O–H groups in total. The third kappa shape index (κ3) is 1.23. The van der Waals surface area contributed by atoms with E-state index in [-0.39, 0.29) is 16.9 Å². The average Bonchev–Trinajstić information content (AvgIpc) is 2.11. The molecule has 0 spiro atoms. The van der Waals surface area contributed by atoms with Crippen LogP contribution >= 0.6 is 0 Å². The van der Waals surface area contributed by atoms with Gasteiger partial charge in [0, 0.05) is 18.3 Å². The first-order chi connectivity index (χ1) is 6.48. The maximum Gasteiger partial charge on any atom is 0.133 e. The van der Waals surface area contributed by atoms with Crippen molar-refractivity contribution in [2.45, 2.75) is 58.5 Å². The minimum Gasteiger partial charge on any atom is -0.393 e. The van der Waals surface area contributed by atoms with Gasteiger partial charge in [0.05, 0.1) is 6.10 Å². The van der Waals surface area contributed by atoms with Gasteiger partial charge in [-0.25, -0.2) is 0 Å². The quantitative estimate of drug-likeness (QED) is 0.645. The zero-order valence-corrected chi connectivity index (χ0v) is 9.18. The second-order valence-electron chi connectivity index (χ2n) is 5.60. The molecule has 0 heterocycles. The number of Topliss-reactive ketones (excluding diaryl/α,β-unsaturated/α-hetero) is 1. The van der Waals surface area contributed by atoms with Crippen molar-refractivity contribution >= 4 is 5.78 Å². The summed E-state index contributed by atoms with van der Waals surface area (Å²) in [5, 5.41) is 10.1. The summed E-state index contributed by atoms with van der Waals surface area (Å²) < 4.78 is 0. The second-order valence-corrected chi connectivity index (χ2v) is 5.60. The van der Waals surface area contributed by atoms with Crippen LogP contribution in [-0.2, 0) is 4.79 Å². The molecule has 2 nitrogen and oxygen atoms in total. The van der Waals surface area contributed by atoms with Crippen LogP contribution < -0.4 is 0 Å². The van der Waals surface area contributed by atoms with Crippen LogP contribution in [0.15, 0.2) is 0 Å². The summed E-state index contributed by atoms with van der Waals surface area (Å²) in [5.74, 6) is 0.339. The molecule has 80 valence electrons. The van der Waals surface area contributed by atoms with E-state index in [9.17, 15) is 9.90 Å². The zero-order valence-electron chi connectivity index (χ0n) is 9.18. The molecule has 0 bridgehead atoms. The summed E-state index contributed by atoms with van der Waals surface area (Å²) >= 11 is 0. The summed E-state index contributed by atoms with van der Waals surface area (Å²) in [6.07, 6.45) is 5.17. The molecule has 0 aliphatic heterocycles. The van der Waals surface area contributed by atoms with E-state index in [0.29, 0.717) is 12.2 Å². The van der Waals surface area contributed by atoms with Crippen LogP contribution in [0.3, 0.4) is 0 Å². The van der Waals surface area contributed by atoms with Crippen LogP contribution in [0.4, 0.5) is 0 Å². The number of fused-ring (bicyclic) bond motifs is 1. The largest absolute Gasteiger partial charge is 0.393 e. The first-order valence-corrected chi connectivity index (χ1v) is 5.68. The number of carbonyl (C=O) groups is 1. The molecule has 2 aliphatic rings. The predicted octanol–water partition coefficient (Wildman–Crippen LogP) is 2.30. The van der Waals surface area contributed by atoms with Crippen LogP contribution in [0.25, 0.3) is 0 Å². The first-order valence-electron chi connectivity index (χ1n) is 5.68. The fourth-order valence-electron chi connectivity index (χ4n) is 3.35. The number of aliphatic hydroxyl groups excluding tert-OH is 1. The SMILES string of the molecule is C[C@]12CCC[C@H](O)[C@@]1(C)CC(=O)CC2. The number of ketones is 1. The van der Waals surface area contributed by atoms with Gasteiger partial charge in [-0.2, -0.15) is 0 Å².